The monoisotopic (exact) mass is 346 g/mol. The molecule has 0 amide bonds. The van der Waals surface area contributed by atoms with Crippen molar-refractivity contribution in [1.29, 1.82) is 5.26 Å². The van der Waals surface area contributed by atoms with Crippen LogP contribution in [0.25, 0.3) is 0 Å². The molecule has 0 aliphatic carbocycles. The lowest BCUT2D eigenvalue weighted by Crippen LogP contribution is -2.17. The Kier molecular flexibility index (Phi) is 4.67. The lowest BCUT2D eigenvalue weighted by molar-refractivity contribution is 0.944. The van der Waals surface area contributed by atoms with Gasteiger partial charge in [-0.2, -0.15) is 10.2 Å². The average molecular weight is 346 g/mol. The van der Waals surface area contributed by atoms with Crippen molar-refractivity contribution in [2.75, 3.05) is 10.6 Å². The van der Waals surface area contributed by atoms with Gasteiger partial charge in [0.25, 0.3) is 0 Å². The number of nitriles is 1. The van der Waals surface area contributed by atoms with E-state index in [0.717, 1.165) is 16.8 Å². The van der Waals surface area contributed by atoms with Gasteiger partial charge in [0.15, 0.2) is 0 Å². The Hall–Kier alpha value is -3.66. The second-order valence-electron chi connectivity index (χ2n) is 6.05. The molecule has 0 unspecified atom stereocenters. The number of hydrogen-bond donors (Lipinski definition) is 3. The van der Waals surface area contributed by atoms with Gasteiger partial charge in [-0.15, -0.1) is 5.10 Å². The van der Waals surface area contributed by atoms with Gasteiger partial charge in [0.2, 0.25) is 11.8 Å². The highest BCUT2D eigenvalue weighted by Gasteiger charge is 2.09. The fraction of sp³-hybridized carbons (Fsp3) is 0.158. The van der Waals surface area contributed by atoms with Gasteiger partial charge < -0.3 is 10.6 Å². The van der Waals surface area contributed by atoms with E-state index in [-0.39, 0.29) is 11.8 Å². The summed E-state index contributed by atoms with van der Waals surface area (Å²) in [5.41, 5.74) is 4.99. The van der Waals surface area contributed by atoms with Gasteiger partial charge in [-0.05, 0) is 56.2 Å². The van der Waals surface area contributed by atoms with Crippen LogP contribution in [0, 0.1) is 32.1 Å². The number of benzene rings is 2. The molecule has 130 valence electrons. The third-order valence-electron chi connectivity index (χ3n) is 3.89. The van der Waals surface area contributed by atoms with Crippen molar-refractivity contribution in [1.82, 2.24) is 15.2 Å². The van der Waals surface area contributed by atoms with E-state index in [1.165, 1.54) is 5.56 Å². The maximum absolute atomic E-state index is 12.0. The molecule has 0 spiro atoms. The maximum atomic E-state index is 12.0. The van der Waals surface area contributed by atoms with Gasteiger partial charge in [-0.25, -0.2) is 5.10 Å². The Labute approximate surface area is 150 Å². The van der Waals surface area contributed by atoms with Crippen LogP contribution < -0.4 is 16.2 Å². The summed E-state index contributed by atoms with van der Waals surface area (Å²) < 4.78 is 0. The SMILES string of the molecule is Cc1cc(C)c(Nc2n[nH]c(=O)c(Nc3ccc(C#N)cc3)n2)c(C)c1. The molecule has 7 nitrogen and oxygen atoms in total. The minimum Gasteiger partial charge on any atom is -0.335 e. The molecule has 2 aromatic carbocycles. The number of H-pyrrole nitrogens is 1. The first-order valence-electron chi connectivity index (χ1n) is 8.05. The molecule has 0 aliphatic rings. The molecule has 0 fully saturated rings. The van der Waals surface area contributed by atoms with Crippen molar-refractivity contribution < 1.29 is 0 Å². The van der Waals surface area contributed by atoms with Crippen LogP contribution in [0.4, 0.5) is 23.1 Å². The summed E-state index contributed by atoms with van der Waals surface area (Å²) in [7, 11) is 0. The first kappa shape index (κ1) is 17.2. The van der Waals surface area contributed by atoms with E-state index in [0.29, 0.717) is 11.3 Å². The molecule has 3 N–H and O–H groups in total. The van der Waals surface area contributed by atoms with E-state index in [4.69, 9.17) is 5.26 Å². The van der Waals surface area contributed by atoms with Gasteiger partial charge in [0.1, 0.15) is 0 Å². The van der Waals surface area contributed by atoms with Crippen molar-refractivity contribution >= 4 is 23.1 Å². The number of anilines is 4. The lowest BCUT2D eigenvalue weighted by atomic mass is 10.1. The molecular formula is C19H18N6O. The number of aromatic nitrogens is 3. The number of rotatable bonds is 4. The average Bonchev–Trinajstić information content (AvgIpc) is 2.61. The summed E-state index contributed by atoms with van der Waals surface area (Å²) in [5.74, 6) is 0.408. The number of aromatic amines is 1. The first-order valence-corrected chi connectivity index (χ1v) is 8.05. The van der Waals surface area contributed by atoms with E-state index < -0.39 is 5.56 Å². The molecule has 0 bridgehead atoms. The van der Waals surface area contributed by atoms with Gasteiger partial charge in [-0.3, -0.25) is 4.79 Å². The zero-order valence-corrected chi connectivity index (χ0v) is 14.7. The van der Waals surface area contributed by atoms with Gasteiger partial charge in [0, 0.05) is 11.4 Å². The first-order chi connectivity index (χ1) is 12.5. The Balaban J connectivity index is 1.88. The smallest absolute Gasteiger partial charge is 0.307 e. The van der Waals surface area contributed by atoms with Crippen LogP contribution in [0.1, 0.15) is 22.3 Å². The molecule has 1 aromatic heterocycles. The van der Waals surface area contributed by atoms with E-state index in [9.17, 15) is 4.79 Å². The quantitative estimate of drug-likeness (QED) is 0.668. The summed E-state index contributed by atoms with van der Waals surface area (Å²) in [6.07, 6.45) is 0. The van der Waals surface area contributed by atoms with E-state index in [1.54, 1.807) is 24.3 Å². The van der Waals surface area contributed by atoms with Crippen molar-refractivity contribution in [3.05, 3.63) is 69.0 Å². The summed E-state index contributed by atoms with van der Waals surface area (Å²) in [6.45, 7) is 6.05. The number of aryl methyl sites for hydroxylation is 3. The topological polar surface area (TPSA) is 106 Å². The van der Waals surface area contributed by atoms with Gasteiger partial charge in [0.05, 0.1) is 11.6 Å². The van der Waals surface area contributed by atoms with Gasteiger partial charge >= 0.3 is 5.56 Å². The van der Waals surface area contributed by atoms with Crippen LogP contribution in [0.3, 0.4) is 0 Å². The number of nitrogens with one attached hydrogen (secondary N) is 3. The molecule has 0 atom stereocenters. The molecule has 7 heteroatoms. The van der Waals surface area contributed by atoms with Crippen LogP contribution >= 0.6 is 0 Å². The summed E-state index contributed by atoms with van der Waals surface area (Å²) >= 11 is 0. The maximum Gasteiger partial charge on any atom is 0.307 e. The van der Waals surface area contributed by atoms with Crippen molar-refractivity contribution in [2.24, 2.45) is 0 Å². The summed E-state index contributed by atoms with van der Waals surface area (Å²) in [4.78, 5) is 16.3. The highest BCUT2D eigenvalue weighted by molar-refractivity contribution is 5.65. The third-order valence-corrected chi connectivity index (χ3v) is 3.89. The highest BCUT2D eigenvalue weighted by atomic mass is 16.1. The minimum absolute atomic E-state index is 0.120. The molecule has 0 saturated heterocycles. The van der Waals surface area contributed by atoms with Crippen LogP contribution in [0.5, 0.6) is 0 Å². The predicted molar refractivity (Wildman–Crippen MR) is 101 cm³/mol. The Morgan fingerprint density at radius 2 is 1.69 bits per heavy atom. The largest absolute Gasteiger partial charge is 0.335 e. The van der Waals surface area contributed by atoms with Crippen LogP contribution in [0.15, 0.2) is 41.2 Å². The van der Waals surface area contributed by atoms with Crippen molar-refractivity contribution in [2.45, 2.75) is 20.8 Å². The van der Waals surface area contributed by atoms with Crippen LogP contribution in [-0.4, -0.2) is 15.2 Å². The van der Waals surface area contributed by atoms with Crippen LogP contribution in [-0.2, 0) is 0 Å². The number of hydrogen-bond acceptors (Lipinski definition) is 6. The molecular weight excluding hydrogens is 328 g/mol. The molecule has 3 rings (SSSR count). The molecule has 3 aromatic rings. The molecule has 0 radical (unpaired) electrons. The van der Waals surface area contributed by atoms with Crippen molar-refractivity contribution in [3.63, 3.8) is 0 Å². The fourth-order valence-corrected chi connectivity index (χ4v) is 2.73. The van der Waals surface area contributed by atoms with E-state index >= 15 is 0 Å². The minimum atomic E-state index is -0.433. The fourth-order valence-electron chi connectivity index (χ4n) is 2.73. The zero-order valence-electron chi connectivity index (χ0n) is 14.7. The Bertz CT molecular complexity index is 1020. The normalized spacial score (nSPS) is 10.2. The standard InChI is InChI=1S/C19H18N6O/c1-11-8-12(2)16(13(3)9-11)22-19-23-17(18(26)24-25-19)21-15-6-4-14(10-20)5-7-15/h4-9H,1-3H3,(H,24,26)(H2,21,22,23,25). The molecule has 1 heterocycles. The zero-order chi connectivity index (χ0) is 18.7. The third kappa shape index (κ3) is 3.70. The second-order valence-corrected chi connectivity index (χ2v) is 6.05. The van der Waals surface area contributed by atoms with Gasteiger partial charge in [-0.1, -0.05) is 17.7 Å². The Morgan fingerprint density at radius 3 is 2.31 bits per heavy atom. The lowest BCUT2D eigenvalue weighted by Gasteiger charge is -2.13. The Morgan fingerprint density at radius 1 is 1.04 bits per heavy atom. The predicted octanol–water partition coefficient (Wildman–Crippen LogP) is 3.45. The molecule has 0 aliphatic heterocycles. The number of nitrogens with zero attached hydrogens (tertiary/aromatic N) is 3. The van der Waals surface area contributed by atoms with Crippen LogP contribution in [0.2, 0.25) is 0 Å². The van der Waals surface area contributed by atoms with Crippen molar-refractivity contribution in [3.8, 4) is 6.07 Å². The summed E-state index contributed by atoms with van der Waals surface area (Å²) in [5, 5.41) is 21.4. The molecule has 0 saturated carbocycles. The second kappa shape index (κ2) is 7.07. The summed E-state index contributed by atoms with van der Waals surface area (Å²) in [6, 6.07) is 12.9. The molecule has 26 heavy (non-hydrogen) atoms. The highest BCUT2D eigenvalue weighted by Crippen LogP contribution is 2.24. The van der Waals surface area contributed by atoms with E-state index in [2.05, 4.69) is 37.9 Å². The van der Waals surface area contributed by atoms with E-state index in [1.807, 2.05) is 26.8 Å².